The summed E-state index contributed by atoms with van der Waals surface area (Å²) in [6.07, 6.45) is 6.04. The van der Waals surface area contributed by atoms with Crippen LogP contribution >= 0.6 is 23.6 Å². The molecule has 2 aromatic rings. The minimum absolute atomic E-state index is 0.0502. The Hall–Kier alpha value is -2.25. The van der Waals surface area contributed by atoms with Crippen LogP contribution in [0, 0.1) is 3.95 Å². The van der Waals surface area contributed by atoms with Gasteiger partial charge in [0.05, 0.1) is 10.6 Å². The Morgan fingerprint density at radius 1 is 1.43 bits per heavy atom. The van der Waals surface area contributed by atoms with Gasteiger partial charge in [-0.3, -0.25) is 14.4 Å². The lowest BCUT2D eigenvalue weighted by Crippen LogP contribution is -2.22. The van der Waals surface area contributed by atoms with E-state index in [0.29, 0.717) is 21.8 Å². The van der Waals surface area contributed by atoms with Crippen molar-refractivity contribution in [1.82, 2.24) is 4.57 Å². The number of aliphatic imine (C=N–C) groups is 1. The lowest BCUT2D eigenvalue weighted by atomic mass is 10.2. The van der Waals surface area contributed by atoms with Gasteiger partial charge in [0.25, 0.3) is 0 Å². The SMILES string of the molecule is O=C(O)CCCn1c(O)c(/C=c2/cccc3c2=CC=N3)sc1=S. The van der Waals surface area contributed by atoms with Crippen molar-refractivity contribution in [2.24, 2.45) is 4.99 Å². The van der Waals surface area contributed by atoms with E-state index in [1.54, 1.807) is 10.8 Å². The minimum atomic E-state index is -0.853. The number of aromatic nitrogens is 1. The molecule has 0 unspecified atom stereocenters. The molecule has 2 heterocycles. The zero-order valence-electron chi connectivity index (χ0n) is 12.1. The van der Waals surface area contributed by atoms with E-state index in [0.717, 1.165) is 16.1 Å². The number of carboxylic acids is 1. The van der Waals surface area contributed by atoms with Gasteiger partial charge in [0.15, 0.2) is 3.95 Å². The van der Waals surface area contributed by atoms with Gasteiger partial charge in [-0.2, -0.15) is 0 Å². The molecule has 1 aliphatic heterocycles. The zero-order chi connectivity index (χ0) is 16.4. The van der Waals surface area contributed by atoms with Crippen molar-refractivity contribution in [2.75, 3.05) is 0 Å². The quantitative estimate of drug-likeness (QED) is 0.814. The molecule has 0 saturated heterocycles. The van der Waals surface area contributed by atoms with Gasteiger partial charge < -0.3 is 10.2 Å². The van der Waals surface area contributed by atoms with Gasteiger partial charge in [-0.25, -0.2) is 0 Å². The van der Waals surface area contributed by atoms with Gasteiger partial charge in [0.2, 0.25) is 5.88 Å². The molecule has 0 saturated carbocycles. The molecule has 1 aromatic carbocycles. The highest BCUT2D eigenvalue weighted by molar-refractivity contribution is 7.73. The second kappa shape index (κ2) is 6.47. The number of hydrogen-bond donors (Lipinski definition) is 2. The summed E-state index contributed by atoms with van der Waals surface area (Å²) >= 11 is 6.59. The summed E-state index contributed by atoms with van der Waals surface area (Å²) in [7, 11) is 0. The molecular weight excluding hydrogens is 332 g/mol. The first-order valence-electron chi connectivity index (χ1n) is 7.06. The molecule has 5 nitrogen and oxygen atoms in total. The van der Waals surface area contributed by atoms with Crippen LogP contribution in [0.3, 0.4) is 0 Å². The van der Waals surface area contributed by atoms with Crippen LogP contribution in [0.5, 0.6) is 5.88 Å². The van der Waals surface area contributed by atoms with Gasteiger partial charge in [0.1, 0.15) is 0 Å². The molecule has 0 fully saturated rings. The first-order valence-corrected chi connectivity index (χ1v) is 8.28. The van der Waals surface area contributed by atoms with Crippen LogP contribution in [0.25, 0.3) is 12.2 Å². The largest absolute Gasteiger partial charge is 0.493 e. The maximum atomic E-state index is 10.6. The van der Waals surface area contributed by atoms with Crippen LogP contribution in [0.15, 0.2) is 23.2 Å². The van der Waals surface area contributed by atoms with Gasteiger partial charge in [-0.1, -0.05) is 12.1 Å². The van der Waals surface area contributed by atoms with E-state index < -0.39 is 5.97 Å². The van der Waals surface area contributed by atoms with Crippen molar-refractivity contribution in [2.45, 2.75) is 19.4 Å². The minimum Gasteiger partial charge on any atom is -0.493 e. The number of benzene rings is 1. The Labute approximate surface area is 141 Å². The van der Waals surface area contributed by atoms with Crippen molar-refractivity contribution in [3.05, 3.63) is 37.5 Å². The molecule has 7 heteroatoms. The lowest BCUT2D eigenvalue weighted by molar-refractivity contribution is -0.137. The summed E-state index contributed by atoms with van der Waals surface area (Å²) in [5.74, 6) is -0.768. The summed E-state index contributed by atoms with van der Waals surface area (Å²) in [5.41, 5.74) is 0.905. The second-order valence-electron chi connectivity index (χ2n) is 5.07. The third-order valence-corrected chi connectivity index (χ3v) is 4.91. The van der Waals surface area contributed by atoms with E-state index in [2.05, 4.69) is 4.99 Å². The summed E-state index contributed by atoms with van der Waals surface area (Å²) < 4.78 is 2.12. The Morgan fingerprint density at radius 2 is 2.26 bits per heavy atom. The van der Waals surface area contributed by atoms with Crippen LogP contribution in [-0.4, -0.2) is 27.0 Å². The first kappa shape index (κ1) is 15.6. The van der Waals surface area contributed by atoms with Crippen molar-refractivity contribution < 1.29 is 15.0 Å². The molecule has 2 N–H and O–H groups in total. The number of carboxylic acid groups (broad SMARTS) is 1. The van der Waals surface area contributed by atoms with E-state index in [9.17, 15) is 9.90 Å². The molecule has 0 aliphatic carbocycles. The first-order chi connectivity index (χ1) is 11.1. The highest BCUT2D eigenvalue weighted by Crippen LogP contribution is 2.27. The smallest absolute Gasteiger partial charge is 0.303 e. The molecule has 23 heavy (non-hydrogen) atoms. The molecule has 0 radical (unpaired) electrons. The van der Waals surface area contributed by atoms with Crippen LogP contribution < -0.4 is 10.4 Å². The molecule has 1 aliphatic rings. The number of fused-ring (bicyclic) bond motifs is 1. The van der Waals surface area contributed by atoms with Gasteiger partial charge in [-0.15, -0.1) is 11.3 Å². The fourth-order valence-electron chi connectivity index (χ4n) is 2.42. The maximum Gasteiger partial charge on any atom is 0.303 e. The summed E-state index contributed by atoms with van der Waals surface area (Å²) in [6.45, 7) is 0.392. The lowest BCUT2D eigenvalue weighted by Gasteiger charge is -2.02. The van der Waals surface area contributed by atoms with E-state index >= 15 is 0 Å². The summed E-state index contributed by atoms with van der Waals surface area (Å²) in [5, 5.41) is 21.1. The molecule has 3 rings (SSSR count). The van der Waals surface area contributed by atoms with Crippen molar-refractivity contribution in [3.8, 4) is 5.88 Å². The molecule has 0 amide bonds. The third-order valence-electron chi connectivity index (χ3n) is 3.52. The average molecular weight is 346 g/mol. The number of aromatic hydroxyl groups is 1. The molecule has 0 atom stereocenters. The Bertz CT molecular complexity index is 970. The van der Waals surface area contributed by atoms with Crippen LogP contribution in [0.2, 0.25) is 0 Å². The van der Waals surface area contributed by atoms with Crippen molar-refractivity contribution >= 4 is 53.6 Å². The zero-order valence-corrected chi connectivity index (χ0v) is 13.7. The number of rotatable bonds is 5. The molecule has 0 bridgehead atoms. The highest BCUT2D eigenvalue weighted by Gasteiger charge is 2.10. The van der Waals surface area contributed by atoms with Crippen LogP contribution in [0.4, 0.5) is 5.69 Å². The predicted molar refractivity (Wildman–Crippen MR) is 93.6 cm³/mol. The number of carbonyl (C=O) groups is 1. The van der Waals surface area contributed by atoms with Gasteiger partial charge in [0, 0.05) is 24.4 Å². The number of hydrogen-bond acceptors (Lipinski definition) is 5. The normalized spacial score (nSPS) is 13.1. The topological polar surface area (TPSA) is 74.8 Å². The van der Waals surface area contributed by atoms with E-state index in [1.165, 1.54) is 11.3 Å². The van der Waals surface area contributed by atoms with Gasteiger partial charge in [-0.05, 0) is 42.1 Å². The Kier molecular flexibility index (Phi) is 4.40. The van der Waals surface area contributed by atoms with Crippen molar-refractivity contribution in [3.63, 3.8) is 0 Å². The fourth-order valence-corrected chi connectivity index (χ4v) is 3.73. The molecule has 118 valence electrons. The molecule has 1 aromatic heterocycles. The Morgan fingerprint density at radius 3 is 3.04 bits per heavy atom. The van der Waals surface area contributed by atoms with Crippen LogP contribution in [-0.2, 0) is 11.3 Å². The summed E-state index contributed by atoms with van der Waals surface area (Å²) in [6, 6.07) is 5.81. The fraction of sp³-hybridized carbons (Fsp3) is 0.188. The average Bonchev–Trinajstić information content (AvgIpc) is 3.08. The van der Waals surface area contributed by atoms with Crippen molar-refractivity contribution in [1.29, 1.82) is 0 Å². The maximum absolute atomic E-state index is 10.6. The monoisotopic (exact) mass is 346 g/mol. The number of aliphatic carboxylic acids is 1. The van der Waals surface area contributed by atoms with E-state index in [4.69, 9.17) is 17.3 Å². The van der Waals surface area contributed by atoms with Crippen LogP contribution in [0.1, 0.15) is 17.7 Å². The Balaban J connectivity index is 1.97. The molecular formula is C16H14N2O3S2. The number of nitrogens with zero attached hydrogens (tertiary/aromatic N) is 2. The highest BCUT2D eigenvalue weighted by atomic mass is 32.1. The van der Waals surface area contributed by atoms with Gasteiger partial charge >= 0.3 is 5.97 Å². The molecule has 0 spiro atoms. The van der Waals surface area contributed by atoms with E-state index in [-0.39, 0.29) is 12.3 Å². The third kappa shape index (κ3) is 3.25. The number of thiazole rings is 1. The second-order valence-corrected chi connectivity index (χ2v) is 6.75. The summed E-state index contributed by atoms with van der Waals surface area (Å²) in [4.78, 5) is 15.5. The standard InChI is InChI=1S/C16H14N2O3S2/c19-14(20)5-2-8-18-15(21)13(23-16(18)22)9-10-3-1-4-12-11(10)6-7-17-12/h1,3-4,6-7,9,21H,2,5,8H2,(H,19,20)/b10-9-. The van der Waals surface area contributed by atoms with E-state index in [1.807, 2.05) is 30.4 Å². The predicted octanol–water partition coefficient (Wildman–Crippen LogP) is 2.17.